The minimum atomic E-state index is 0.622. The number of ether oxygens (including phenoxy) is 1. The molecule has 0 aliphatic carbocycles. The van der Waals surface area contributed by atoms with Gasteiger partial charge in [-0.3, -0.25) is 0 Å². The van der Waals surface area contributed by atoms with Crippen molar-refractivity contribution in [1.82, 2.24) is 5.32 Å². The molecule has 0 saturated carbocycles. The van der Waals surface area contributed by atoms with Crippen molar-refractivity contribution in [2.45, 2.75) is 45.2 Å². The summed E-state index contributed by atoms with van der Waals surface area (Å²) in [5.41, 5.74) is 2.52. The van der Waals surface area contributed by atoms with Gasteiger partial charge >= 0.3 is 0 Å². The third kappa shape index (κ3) is 4.35. The minimum absolute atomic E-state index is 0.622. The summed E-state index contributed by atoms with van der Waals surface area (Å²) < 4.78 is 5.09. The van der Waals surface area contributed by atoms with E-state index in [4.69, 9.17) is 16.3 Å². The van der Waals surface area contributed by atoms with Crippen LogP contribution in [0.3, 0.4) is 0 Å². The lowest BCUT2D eigenvalue weighted by Gasteiger charge is -2.39. The molecule has 1 atom stereocenters. The topological polar surface area (TPSA) is 24.5 Å². The number of hydrogen-bond acceptors (Lipinski definition) is 3. The largest absolute Gasteiger partial charge is 0.383 e. The van der Waals surface area contributed by atoms with Crippen molar-refractivity contribution in [3.05, 3.63) is 28.8 Å². The van der Waals surface area contributed by atoms with Crippen LogP contribution < -0.4 is 10.2 Å². The first-order chi connectivity index (χ1) is 10.3. The van der Waals surface area contributed by atoms with Crippen molar-refractivity contribution < 1.29 is 4.74 Å². The smallest absolute Gasteiger partial charge is 0.0643 e. The fraction of sp³-hybridized carbons (Fsp3) is 0.647. The van der Waals surface area contributed by atoms with Crippen LogP contribution in [0.15, 0.2) is 18.2 Å². The molecule has 0 bridgehead atoms. The first-order valence-corrected chi connectivity index (χ1v) is 8.39. The zero-order valence-corrected chi connectivity index (χ0v) is 14.0. The number of rotatable bonds is 7. The highest BCUT2D eigenvalue weighted by Gasteiger charge is 2.24. The minimum Gasteiger partial charge on any atom is -0.383 e. The van der Waals surface area contributed by atoms with E-state index >= 15 is 0 Å². The number of halogens is 1. The quantitative estimate of drug-likeness (QED) is 0.774. The van der Waals surface area contributed by atoms with Crippen molar-refractivity contribution in [2.24, 2.45) is 0 Å². The lowest BCUT2D eigenvalue weighted by molar-refractivity contribution is 0.199. The summed E-state index contributed by atoms with van der Waals surface area (Å²) >= 11 is 6.53. The molecule has 1 aliphatic rings. The Kier molecular flexibility index (Phi) is 6.81. The molecule has 0 spiro atoms. The van der Waals surface area contributed by atoms with Gasteiger partial charge in [-0.05, 0) is 37.3 Å². The predicted molar refractivity (Wildman–Crippen MR) is 90.3 cm³/mol. The number of nitrogens with zero attached hydrogens (tertiary/aromatic N) is 1. The molecule has 0 aromatic heterocycles. The molecule has 21 heavy (non-hydrogen) atoms. The van der Waals surface area contributed by atoms with Crippen molar-refractivity contribution in [3.63, 3.8) is 0 Å². The highest BCUT2D eigenvalue weighted by molar-refractivity contribution is 6.33. The fourth-order valence-corrected chi connectivity index (χ4v) is 3.44. The van der Waals surface area contributed by atoms with Gasteiger partial charge in [0.2, 0.25) is 0 Å². The second-order valence-electron chi connectivity index (χ2n) is 5.67. The number of anilines is 1. The molecule has 4 heteroatoms. The lowest BCUT2D eigenvalue weighted by atomic mass is 9.98. The van der Waals surface area contributed by atoms with Crippen LogP contribution in [0, 0.1) is 0 Å². The molecule has 1 heterocycles. The average molecular weight is 311 g/mol. The maximum atomic E-state index is 6.53. The third-order valence-electron chi connectivity index (χ3n) is 4.25. The van der Waals surface area contributed by atoms with Crippen LogP contribution in [0.5, 0.6) is 0 Å². The van der Waals surface area contributed by atoms with Crippen molar-refractivity contribution >= 4 is 17.3 Å². The van der Waals surface area contributed by atoms with Gasteiger partial charge in [-0.25, -0.2) is 0 Å². The maximum Gasteiger partial charge on any atom is 0.0643 e. The first-order valence-electron chi connectivity index (χ1n) is 8.01. The van der Waals surface area contributed by atoms with Gasteiger partial charge in [0.1, 0.15) is 0 Å². The van der Waals surface area contributed by atoms with E-state index in [1.807, 2.05) is 12.1 Å². The summed E-state index contributed by atoms with van der Waals surface area (Å²) in [6.45, 7) is 5.83. The second-order valence-corrected chi connectivity index (χ2v) is 6.08. The van der Waals surface area contributed by atoms with Crippen molar-refractivity contribution in [3.8, 4) is 0 Å². The second kappa shape index (κ2) is 8.62. The van der Waals surface area contributed by atoms with Crippen LogP contribution in [0.25, 0.3) is 0 Å². The zero-order chi connectivity index (χ0) is 15.1. The Bertz CT molecular complexity index is 439. The van der Waals surface area contributed by atoms with Crippen LogP contribution in [0.2, 0.25) is 5.02 Å². The summed E-state index contributed by atoms with van der Waals surface area (Å²) in [6.07, 6.45) is 5.05. The molecule has 1 fully saturated rings. The zero-order valence-electron chi connectivity index (χ0n) is 13.2. The third-order valence-corrected chi connectivity index (χ3v) is 4.56. The lowest BCUT2D eigenvalue weighted by Crippen LogP contribution is -2.40. The summed E-state index contributed by atoms with van der Waals surface area (Å²) in [6, 6.07) is 6.86. The highest BCUT2D eigenvalue weighted by atomic mass is 35.5. The summed E-state index contributed by atoms with van der Waals surface area (Å²) in [5, 5.41) is 4.31. The van der Waals surface area contributed by atoms with E-state index in [0.717, 1.165) is 31.3 Å². The van der Waals surface area contributed by atoms with E-state index in [0.29, 0.717) is 6.04 Å². The number of nitrogens with one attached hydrogen (secondary N) is 1. The summed E-state index contributed by atoms with van der Waals surface area (Å²) in [5.74, 6) is 0. The van der Waals surface area contributed by atoms with E-state index in [2.05, 4.69) is 23.2 Å². The Morgan fingerprint density at radius 2 is 2.24 bits per heavy atom. The Balaban J connectivity index is 2.16. The van der Waals surface area contributed by atoms with E-state index in [1.165, 1.54) is 36.9 Å². The Hall–Kier alpha value is -0.770. The maximum absolute atomic E-state index is 6.53. The van der Waals surface area contributed by atoms with E-state index in [1.54, 1.807) is 7.11 Å². The monoisotopic (exact) mass is 310 g/mol. The molecule has 0 radical (unpaired) electrons. The Morgan fingerprint density at radius 1 is 1.38 bits per heavy atom. The molecule has 1 aliphatic heterocycles. The van der Waals surface area contributed by atoms with Crippen LogP contribution in [-0.2, 0) is 11.3 Å². The molecule has 1 aromatic carbocycles. The van der Waals surface area contributed by atoms with Crippen molar-refractivity contribution in [2.75, 3.05) is 31.7 Å². The molecule has 1 N–H and O–H groups in total. The predicted octanol–water partition coefficient (Wildman–Crippen LogP) is 3.84. The molecular weight excluding hydrogens is 284 g/mol. The highest BCUT2D eigenvalue weighted by Crippen LogP contribution is 2.35. The van der Waals surface area contributed by atoms with Gasteiger partial charge in [-0.2, -0.15) is 0 Å². The van der Waals surface area contributed by atoms with Gasteiger partial charge in [-0.1, -0.05) is 30.7 Å². The molecule has 1 saturated heterocycles. The number of benzene rings is 1. The number of hydrogen-bond donors (Lipinski definition) is 1. The van der Waals surface area contributed by atoms with E-state index < -0.39 is 0 Å². The molecule has 0 amide bonds. The van der Waals surface area contributed by atoms with E-state index in [-0.39, 0.29) is 0 Å². The fourth-order valence-electron chi connectivity index (χ4n) is 3.14. The van der Waals surface area contributed by atoms with Gasteiger partial charge in [0.25, 0.3) is 0 Å². The van der Waals surface area contributed by atoms with Crippen LogP contribution >= 0.6 is 11.6 Å². The molecule has 3 nitrogen and oxygen atoms in total. The van der Waals surface area contributed by atoms with Crippen LogP contribution in [0.4, 0.5) is 5.69 Å². The van der Waals surface area contributed by atoms with Gasteiger partial charge in [0, 0.05) is 32.8 Å². The Morgan fingerprint density at radius 3 is 3.00 bits per heavy atom. The molecular formula is C17H27ClN2O. The van der Waals surface area contributed by atoms with Crippen LogP contribution in [-0.4, -0.2) is 32.8 Å². The molecule has 1 aromatic rings. The van der Waals surface area contributed by atoms with E-state index in [9.17, 15) is 0 Å². The summed E-state index contributed by atoms with van der Waals surface area (Å²) in [4.78, 5) is 2.53. The van der Waals surface area contributed by atoms with Gasteiger partial charge in [0.15, 0.2) is 0 Å². The van der Waals surface area contributed by atoms with Gasteiger partial charge in [-0.15, -0.1) is 0 Å². The van der Waals surface area contributed by atoms with Gasteiger partial charge in [0.05, 0.1) is 17.3 Å². The van der Waals surface area contributed by atoms with Crippen LogP contribution in [0.1, 0.15) is 38.2 Å². The molecule has 1 unspecified atom stereocenters. The molecule has 2 rings (SSSR count). The summed E-state index contributed by atoms with van der Waals surface area (Å²) in [7, 11) is 1.73. The Labute approximate surface area is 133 Å². The average Bonchev–Trinajstić information content (AvgIpc) is 2.52. The number of para-hydroxylation sites is 1. The first kappa shape index (κ1) is 16.6. The standard InChI is InChI=1S/C17H27ClN2O/c1-3-15-8-4-5-11-20(15)17-14(7-6-9-16(17)18)13-19-10-12-21-2/h6-7,9,15,19H,3-5,8,10-13H2,1-2H3. The number of piperidine rings is 1. The van der Waals surface area contributed by atoms with Crippen molar-refractivity contribution in [1.29, 1.82) is 0 Å². The molecule has 118 valence electrons. The SMILES string of the molecule is CCC1CCCCN1c1c(Cl)cccc1CNCCOC. The van der Waals surface area contributed by atoms with Gasteiger partial charge < -0.3 is 15.0 Å². The number of methoxy groups -OCH3 is 1. The normalized spacial score (nSPS) is 19.0.